The molecular formula is C31H31N3O5S2. The number of aromatic nitrogens is 1. The minimum Gasteiger partial charge on any atom is -0.383 e. The predicted octanol–water partition coefficient (Wildman–Crippen LogP) is 5.10. The average Bonchev–Trinajstić information content (AvgIpc) is 3.61. The molecule has 2 heterocycles. The van der Waals surface area contributed by atoms with Crippen molar-refractivity contribution in [3.05, 3.63) is 112 Å². The molecule has 10 heteroatoms. The second kappa shape index (κ2) is 12.9. The molecule has 0 N–H and O–H groups in total. The van der Waals surface area contributed by atoms with Gasteiger partial charge in [-0.3, -0.25) is 4.79 Å². The zero-order valence-corrected chi connectivity index (χ0v) is 24.5. The lowest BCUT2D eigenvalue weighted by molar-refractivity contribution is -0.113. The summed E-state index contributed by atoms with van der Waals surface area (Å²) in [6.45, 7) is 1.02. The molecule has 8 nitrogen and oxygen atoms in total. The van der Waals surface area contributed by atoms with Crippen molar-refractivity contribution in [2.75, 3.05) is 45.4 Å². The zero-order chi connectivity index (χ0) is 28.8. The predicted molar refractivity (Wildman–Crippen MR) is 161 cm³/mol. The van der Waals surface area contributed by atoms with Crippen molar-refractivity contribution in [1.82, 2.24) is 9.29 Å². The van der Waals surface area contributed by atoms with E-state index in [1.165, 1.54) is 15.6 Å². The molecule has 0 radical (unpaired) electrons. The largest absolute Gasteiger partial charge is 0.383 e. The van der Waals surface area contributed by atoms with Gasteiger partial charge in [0.2, 0.25) is 10.0 Å². The molecule has 212 valence electrons. The Kier molecular flexibility index (Phi) is 9.06. The lowest BCUT2D eigenvalue weighted by Gasteiger charge is -2.32. The van der Waals surface area contributed by atoms with Crippen molar-refractivity contribution in [1.29, 1.82) is 0 Å². The minimum absolute atomic E-state index is 0.0932. The van der Waals surface area contributed by atoms with Gasteiger partial charge in [-0.2, -0.15) is 4.31 Å². The van der Waals surface area contributed by atoms with Gasteiger partial charge in [0.25, 0.3) is 5.91 Å². The van der Waals surface area contributed by atoms with Gasteiger partial charge in [0.05, 0.1) is 35.4 Å². The number of nitrogens with zero attached hydrogens (tertiary/aromatic N) is 3. The molecular weight excluding hydrogens is 558 g/mol. The first kappa shape index (κ1) is 28.8. The van der Waals surface area contributed by atoms with Gasteiger partial charge in [-0.25, -0.2) is 13.4 Å². The number of ether oxygens (including phenoxy) is 2. The molecule has 1 aliphatic heterocycles. The number of sulfonamides is 1. The molecule has 0 atom stereocenters. The molecule has 0 saturated carbocycles. The first-order chi connectivity index (χ1) is 20.0. The molecule has 1 aromatic heterocycles. The quantitative estimate of drug-likeness (QED) is 0.214. The summed E-state index contributed by atoms with van der Waals surface area (Å²) in [4.78, 5) is 19.5. The maximum Gasteiger partial charge on any atom is 0.259 e. The van der Waals surface area contributed by atoms with Crippen LogP contribution >= 0.6 is 11.3 Å². The average molecular weight is 590 g/mol. The summed E-state index contributed by atoms with van der Waals surface area (Å²) < 4.78 is 41.1. The number of methoxy groups -OCH3 is 2. The van der Waals surface area contributed by atoms with Crippen molar-refractivity contribution in [2.24, 2.45) is 0 Å². The molecule has 41 heavy (non-hydrogen) atoms. The lowest BCUT2D eigenvalue weighted by Crippen LogP contribution is -2.38. The van der Waals surface area contributed by atoms with Crippen LogP contribution in [0.5, 0.6) is 0 Å². The van der Waals surface area contributed by atoms with E-state index < -0.39 is 16.1 Å². The third-order valence-corrected chi connectivity index (χ3v) is 9.49. The second-order valence-electron chi connectivity index (χ2n) is 9.39. The Morgan fingerprint density at radius 3 is 2.20 bits per heavy atom. The Balaban J connectivity index is 1.64. The van der Waals surface area contributed by atoms with Crippen LogP contribution in [0.3, 0.4) is 0 Å². The van der Waals surface area contributed by atoms with Gasteiger partial charge in [0.1, 0.15) is 5.01 Å². The lowest BCUT2D eigenvalue weighted by atomic mass is 9.99. The maximum absolute atomic E-state index is 14.5. The first-order valence-electron chi connectivity index (χ1n) is 13.1. The van der Waals surface area contributed by atoms with Crippen LogP contribution in [0, 0.1) is 0 Å². The molecule has 0 aliphatic carbocycles. The molecule has 0 saturated heterocycles. The van der Waals surface area contributed by atoms with E-state index in [4.69, 9.17) is 9.47 Å². The van der Waals surface area contributed by atoms with Gasteiger partial charge in [-0.05, 0) is 35.4 Å². The molecule has 5 rings (SSSR count). The Hall–Kier alpha value is -3.67. The van der Waals surface area contributed by atoms with E-state index in [2.05, 4.69) is 4.98 Å². The summed E-state index contributed by atoms with van der Waals surface area (Å²) >= 11 is 1.41. The van der Waals surface area contributed by atoms with Crippen LogP contribution in [0.25, 0.3) is 11.6 Å². The standard InChI is InChI=1S/C31H31N3O5S2/c1-38-18-16-33-28-14-13-25(21-26(28)27(31(33)35)22-29-32-15-20-40-29)41(36,37)34(17-19-39-2)30(23-9-5-3-6-10-23)24-11-7-4-8-12-24/h3-15,20-22,30H,16-19H2,1-2H3/b27-22+. The minimum atomic E-state index is -4.07. The first-order valence-corrected chi connectivity index (χ1v) is 15.4. The molecule has 0 unspecified atom stereocenters. The van der Waals surface area contributed by atoms with E-state index >= 15 is 0 Å². The number of carbonyl (C=O) groups is 1. The van der Waals surface area contributed by atoms with E-state index in [9.17, 15) is 13.2 Å². The number of carbonyl (C=O) groups excluding carboxylic acids is 1. The summed E-state index contributed by atoms with van der Waals surface area (Å²) in [5.41, 5.74) is 3.26. The molecule has 0 bridgehead atoms. The number of fused-ring (bicyclic) bond motifs is 1. The van der Waals surface area contributed by atoms with Crippen LogP contribution < -0.4 is 4.90 Å². The number of benzene rings is 3. The van der Waals surface area contributed by atoms with Gasteiger partial charge >= 0.3 is 0 Å². The Bertz CT molecular complexity index is 1570. The number of thiazole rings is 1. The molecule has 4 aromatic rings. The van der Waals surface area contributed by atoms with Crippen LogP contribution in [0.1, 0.15) is 27.7 Å². The highest BCUT2D eigenvalue weighted by Gasteiger charge is 2.37. The van der Waals surface area contributed by atoms with Crippen LogP contribution in [-0.4, -0.2) is 64.1 Å². The fraction of sp³-hybridized carbons (Fsp3) is 0.226. The van der Waals surface area contributed by atoms with Crippen LogP contribution in [-0.2, 0) is 24.3 Å². The van der Waals surface area contributed by atoms with Crippen LogP contribution in [0.2, 0.25) is 0 Å². The second-order valence-corrected chi connectivity index (χ2v) is 12.2. The summed E-state index contributed by atoms with van der Waals surface area (Å²) in [5, 5.41) is 2.49. The molecule has 0 fully saturated rings. The molecule has 0 spiro atoms. The van der Waals surface area contributed by atoms with E-state index in [0.717, 1.165) is 11.1 Å². The number of hydrogen-bond donors (Lipinski definition) is 0. The maximum atomic E-state index is 14.5. The van der Waals surface area contributed by atoms with Gasteiger partial charge in [-0.1, -0.05) is 60.7 Å². The molecule has 3 aromatic carbocycles. The summed E-state index contributed by atoms with van der Waals surface area (Å²) in [7, 11) is -0.940. The number of anilines is 1. The van der Waals surface area contributed by atoms with E-state index in [1.807, 2.05) is 66.0 Å². The van der Waals surface area contributed by atoms with Gasteiger partial charge in [0, 0.05) is 44.4 Å². The van der Waals surface area contributed by atoms with Crippen molar-refractivity contribution in [3.63, 3.8) is 0 Å². The van der Waals surface area contributed by atoms with Gasteiger partial charge in [0.15, 0.2) is 0 Å². The Labute approximate surface area is 244 Å². The fourth-order valence-corrected chi connectivity index (χ4v) is 7.15. The third kappa shape index (κ3) is 6.02. The van der Waals surface area contributed by atoms with Gasteiger partial charge < -0.3 is 14.4 Å². The fourth-order valence-electron chi connectivity index (χ4n) is 4.97. The Morgan fingerprint density at radius 2 is 1.61 bits per heavy atom. The summed E-state index contributed by atoms with van der Waals surface area (Å²) in [6.07, 6.45) is 3.39. The zero-order valence-electron chi connectivity index (χ0n) is 22.8. The monoisotopic (exact) mass is 589 g/mol. The van der Waals surface area contributed by atoms with Crippen molar-refractivity contribution in [3.8, 4) is 0 Å². The van der Waals surface area contributed by atoms with E-state index in [1.54, 1.807) is 49.6 Å². The van der Waals surface area contributed by atoms with Crippen LogP contribution in [0.15, 0.2) is 95.3 Å². The van der Waals surface area contributed by atoms with Crippen molar-refractivity contribution in [2.45, 2.75) is 10.9 Å². The highest BCUT2D eigenvalue weighted by Crippen LogP contribution is 2.41. The number of amides is 1. The molecule has 1 aliphatic rings. The third-order valence-electron chi connectivity index (χ3n) is 6.90. The van der Waals surface area contributed by atoms with Crippen molar-refractivity contribution >= 4 is 44.6 Å². The van der Waals surface area contributed by atoms with Crippen LogP contribution in [0.4, 0.5) is 5.69 Å². The van der Waals surface area contributed by atoms with E-state index in [0.29, 0.717) is 35.0 Å². The number of rotatable bonds is 12. The SMILES string of the molecule is COCCN1C(=O)/C(=C/c2nccs2)c2cc(S(=O)(=O)N(CCOC)C(c3ccccc3)c3ccccc3)ccc21. The normalized spacial score (nSPS) is 14.4. The number of hydrogen-bond acceptors (Lipinski definition) is 7. The van der Waals surface area contributed by atoms with E-state index in [-0.39, 0.29) is 24.0 Å². The van der Waals surface area contributed by atoms with Crippen molar-refractivity contribution < 1.29 is 22.7 Å². The topological polar surface area (TPSA) is 89.0 Å². The highest BCUT2D eigenvalue weighted by molar-refractivity contribution is 7.89. The van der Waals surface area contributed by atoms with Gasteiger partial charge in [-0.15, -0.1) is 11.3 Å². The highest BCUT2D eigenvalue weighted by atomic mass is 32.2. The summed E-state index contributed by atoms with van der Waals surface area (Å²) in [5.74, 6) is -0.218. The summed E-state index contributed by atoms with van der Waals surface area (Å²) in [6, 6.07) is 23.4. The smallest absolute Gasteiger partial charge is 0.259 e. The molecule has 1 amide bonds. The Morgan fingerprint density at radius 1 is 0.951 bits per heavy atom.